The van der Waals surface area contributed by atoms with E-state index in [1.54, 1.807) is 12.4 Å². The quantitative estimate of drug-likeness (QED) is 0.192. The fourth-order valence-electron chi connectivity index (χ4n) is 6.75. The van der Waals surface area contributed by atoms with Crippen LogP contribution in [0.1, 0.15) is 50.8 Å². The van der Waals surface area contributed by atoms with E-state index < -0.39 is 11.7 Å². The molecule has 3 heterocycles. The number of hydrogen-bond acceptors (Lipinski definition) is 5. The number of carbonyl (C=O) groups is 1. The zero-order valence-electron chi connectivity index (χ0n) is 27.8. The minimum atomic E-state index is -0.561. The molecule has 1 aliphatic heterocycles. The van der Waals surface area contributed by atoms with Crippen molar-refractivity contribution in [1.29, 1.82) is 0 Å². The lowest BCUT2D eigenvalue weighted by atomic mass is 9.88. The zero-order valence-corrected chi connectivity index (χ0v) is 27.8. The molecule has 0 radical (unpaired) electrons. The van der Waals surface area contributed by atoms with E-state index in [9.17, 15) is 9.59 Å². The molecule has 1 N–H and O–H groups in total. The van der Waals surface area contributed by atoms with Crippen molar-refractivity contribution in [2.24, 2.45) is 7.05 Å². The minimum Gasteiger partial charge on any atom is -0.444 e. The Balaban J connectivity index is 1.24. The molecule has 1 aliphatic rings. The lowest BCUT2D eigenvalue weighted by Crippen LogP contribution is -2.48. The number of fused-ring (bicyclic) bond motifs is 1. The first kappa shape index (κ1) is 32.2. The van der Waals surface area contributed by atoms with Crippen molar-refractivity contribution in [2.45, 2.75) is 57.6 Å². The Morgan fingerprint density at radius 2 is 1.57 bits per heavy atom. The Morgan fingerprint density at radius 3 is 2.28 bits per heavy atom. The summed E-state index contributed by atoms with van der Waals surface area (Å²) < 4.78 is 7.46. The summed E-state index contributed by atoms with van der Waals surface area (Å²) in [6, 6.07) is 30.9. The highest BCUT2D eigenvalue weighted by Gasteiger charge is 2.28. The van der Waals surface area contributed by atoms with Crippen molar-refractivity contribution in [3.05, 3.63) is 125 Å². The SMILES string of the molecule is Cn1c(C2CCN(CC(Cc3ccccc3)NC(=O)OC(C)(C)C)CC2)cc(-c2ccncc2)c(-c2ccc3ccccc3c2)c1=O. The van der Waals surface area contributed by atoms with Crippen molar-refractivity contribution in [1.82, 2.24) is 19.8 Å². The van der Waals surface area contributed by atoms with Gasteiger partial charge in [-0.25, -0.2) is 4.79 Å². The van der Waals surface area contributed by atoms with Crippen LogP contribution in [0.25, 0.3) is 33.0 Å². The number of pyridine rings is 2. The number of ether oxygens (including phenoxy) is 1. The van der Waals surface area contributed by atoms with Gasteiger partial charge in [-0.1, -0.05) is 66.7 Å². The summed E-state index contributed by atoms with van der Waals surface area (Å²) in [5.74, 6) is 0.238. The first-order valence-electron chi connectivity index (χ1n) is 16.5. The van der Waals surface area contributed by atoms with Gasteiger partial charge < -0.3 is 19.5 Å². The van der Waals surface area contributed by atoms with E-state index in [-0.39, 0.29) is 17.5 Å². The lowest BCUT2D eigenvalue weighted by molar-refractivity contribution is 0.0487. The maximum Gasteiger partial charge on any atom is 0.407 e. The molecule has 7 heteroatoms. The fourth-order valence-corrected chi connectivity index (χ4v) is 6.75. The molecule has 1 atom stereocenters. The summed E-state index contributed by atoms with van der Waals surface area (Å²) in [6.07, 6.45) is 5.74. The molecule has 0 spiro atoms. The maximum atomic E-state index is 14.2. The van der Waals surface area contributed by atoms with Crippen molar-refractivity contribution >= 4 is 16.9 Å². The van der Waals surface area contributed by atoms with Crippen LogP contribution in [0, 0.1) is 0 Å². The van der Waals surface area contributed by atoms with Gasteiger partial charge in [0.2, 0.25) is 0 Å². The Hall–Kier alpha value is -4.75. The van der Waals surface area contributed by atoms with Crippen LogP contribution in [0.4, 0.5) is 4.79 Å². The molecule has 242 valence electrons. The molecule has 1 amide bonds. The van der Waals surface area contributed by atoms with Gasteiger partial charge in [0.05, 0.1) is 5.56 Å². The fraction of sp³-hybridized carbons (Fsp3) is 0.325. The van der Waals surface area contributed by atoms with Crippen LogP contribution < -0.4 is 10.9 Å². The van der Waals surface area contributed by atoms with E-state index in [4.69, 9.17) is 4.74 Å². The maximum absolute atomic E-state index is 14.2. The van der Waals surface area contributed by atoms with Crippen LogP contribution in [0.15, 0.2) is 108 Å². The molecular weight excluding hydrogens is 584 g/mol. The number of benzene rings is 3. The Kier molecular flexibility index (Phi) is 9.55. The Morgan fingerprint density at radius 1 is 0.894 bits per heavy atom. The van der Waals surface area contributed by atoms with Gasteiger partial charge in [0.1, 0.15) is 5.60 Å². The van der Waals surface area contributed by atoms with Crippen LogP contribution >= 0.6 is 0 Å². The van der Waals surface area contributed by atoms with Crippen LogP contribution in [0.3, 0.4) is 0 Å². The summed E-state index contributed by atoms with van der Waals surface area (Å²) in [4.78, 5) is 33.7. The number of alkyl carbamates (subject to hydrolysis) is 1. The van der Waals surface area contributed by atoms with Crippen LogP contribution in [0.2, 0.25) is 0 Å². The average Bonchev–Trinajstić information content (AvgIpc) is 3.06. The number of nitrogens with zero attached hydrogens (tertiary/aromatic N) is 3. The number of amides is 1. The van der Waals surface area contributed by atoms with Crippen LogP contribution in [-0.4, -0.2) is 51.8 Å². The number of piperidine rings is 1. The number of carbonyl (C=O) groups excluding carboxylic acids is 1. The lowest BCUT2D eigenvalue weighted by Gasteiger charge is -2.35. The van der Waals surface area contributed by atoms with Crippen LogP contribution in [-0.2, 0) is 18.2 Å². The van der Waals surface area contributed by atoms with Gasteiger partial charge in [0.15, 0.2) is 0 Å². The highest BCUT2D eigenvalue weighted by atomic mass is 16.6. The molecule has 0 bridgehead atoms. The topological polar surface area (TPSA) is 76.5 Å². The molecule has 1 unspecified atom stereocenters. The monoisotopic (exact) mass is 628 g/mol. The van der Waals surface area contributed by atoms with Gasteiger partial charge >= 0.3 is 6.09 Å². The predicted octanol–water partition coefficient (Wildman–Crippen LogP) is 7.58. The number of rotatable bonds is 8. The van der Waals surface area contributed by atoms with Crippen molar-refractivity contribution in [3.63, 3.8) is 0 Å². The largest absolute Gasteiger partial charge is 0.444 e. The molecule has 1 saturated heterocycles. The van der Waals surface area contributed by atoms with Gasteiger partial charge in [0.25, 0.3) is 5.56 Å². The molecular formula is C40H44N4O3. The van der Waals surface area contributed by atoms with Gasteiger partial charge in [-0.3, -0.25) is 9.78 Å². The molecule has 0 aliphatic carbocycles. The highest BCUT2D eigenvalue weighted by Crippen LogP contribution is 2.35. The second-order valence-corrected chi connectivity index (χ2v) is 13.6. The van der Waals surface area contributed by atoms with Crippen molar-refractivity contribution < 1.29 is 9.53 Å². The zero-order chi connectivity index (χ0) is 33.0. The predicted molar refractivity (Wildman–Crippen MR) is 190 cm³/mol. The van der Waals surface area contributed by atoms with Gasteiger partial charge in [0, 0.05) is 43.6 Å². The van der Waals surface area contributed by atoms with Crippen LogP contribution in [0.5, 0.6) is 0 Å². The highest BCUT2D eigenvalue weighted by molar-refractivity contribution is 5.91. The third kappa shape index (κ3) is 7.80. The molecule has 3 aromatic carbocycles. The molecule has 2 aromatic heterocycles. The molecule has 6 rings (SSSR count). The summed E-state index contributed by atoms with van der Waals surface area (Å²) in [5.41, 5.74) is 5.23. The summed E-state index contributed by atoms with van der Waals surface area (Å²) in [5, 5.41) is 5.39. The summed E-state index contributed by atoms with van der Waals surface area (Å²) in [7, 11) is 1.91. The van der Waals surface area contributed by atoms with E-state index in [2.05, 4.69) is 63.7 Å². The summed E-state index contributed by atoms with van der Waals surface area (Å²) in [6.45, 7) is 8.11. The van der Waals surface area contributed by atoms with Gasteiger partial charge in [-0.2, -0.15) is 0 Å². The molecule has 47 heavy (non-hydrogen) atoms. The number of aromatic nitrogens is 2. The van der Waals surface area contributed by atoms with Gasteiger partial charge in [-0.15, -0.1) is 0 Å². The third-order valence-corrected chi connectivity index (χ3v) is 9.03. The molecule has 7 nitrogen and oxygen atoms in total. The first-order chi connectivity index (χ1) is 22.6. The van der Waals surface area contributed by atoms with E-state index in [0.29, 0.717) is 5.56 Å². The number of hydrogen-bond donors (Lipinski definition) is 1. The van der Waals surface area contributed by atoms with E-state index in [0.717, 1.165) is 72.1 Å². The smallest absolute Gasteiger partial charge is 0.407 e. The van der Waals surface area contributed by atoms with E-state index >= 15 is 0 Å². The van der Waals surface area contributed by atoms with E-state index in [1.807, 2.05) is 74.9 Å². The van der Waals surface area contributed by atoms with Gasteiger partial charge in [-0.05, 0) is 110 Å². The Bertz CT molecular complexity index is 1890. The van der Waals surface area contributed by atoms with Crippen molar-refractivity contribution in [3.8, 4) is 22.3 Å². The molecule has 0 saturated carbocycles. The third-order valence-electron chi connectivity index (χ3n) is 9.03. The minimum absolute atomic E-state index is 0.0107. The summed E-state index contributed by atoms with van der Waals surface area (Å²) >= 11 is 0. The number of nitrogens with one attached hydrogen (secondary N) is 1. The normalized spacial score (nSPS) is 15.0. The molecule has 1 fully saturated rings. The second-order valence-electron chi connectivity index (χ2n) is 13.6. The molecule has 5 aromatic rings. The van der Waals surface area contributed by atoms with Crippen molar-refractivity contribution in [2.75, 3.05) is 19.6 Å². The standard InChI is InChI=1S/C40H44N4O3/c1-40(2,3)47-39(46)42-34(24-28-10-6-5-7-11-28)27-44-22-18-31(19-23-44)36-26-35(30-16-20-41-21-17-30)37(38(45)43(36)4)33-15-14-29-12-8-9-13-32(29)25-33/h5-17,20-21,25-26,31,34H,18-19,22-24,27H2,1-4H3,(H,42,46). The Labute approximate surface area is 277 Å². The second kappa shape index (κ2) is 13.9. The van der Waals surface area contributed by atoms with E-state index in [1.165, 1.54) is 5.56 Å². The number of likely N-dealkylation sites (tertiary alicyclic amines) is 1. The average molecular weight is 629 g/mol. The first-order valence-corrected chi connectivity index (χ1v) is 16.5.